The molecule has 0 aliphatic carbocycles. The summed E-state index contributed by atoms with van der Waals surface area (Å²) in [4.78, 5) is 0. The number of methoxy groups -OCH3 is 2. The van der Waals surface area contributed by atoms with Crippen LogP contribution in [0.3, 0.4) is 0 Å². The Morgan fingerprint density at radius 3 is 2.00 bits per heavy atom. The van der Waals surface area contributed by atoms with Gasteiger partial charge in [-0.05, 0) is 19.3 Å². The molecule has 1 aliphatic heterocycles. The van der Waals surface area contributed by atoms with Gasteiger partial charge in [-0.1, -0.05) is 35.6 Å². The Hall–Kier alpha value is -0.160. The first kappa shape index (κ1) is 22.1. The highest BCUT2D eigenvalue weighted by molar-refractivity contribution is 5.09. The quantitative estimate of drug-likeness (QED) is 0.867. The van der Waals surface area contributed by atoms with Crippen molar-refractivity contribution >= 4 is 0 Å². The lowest BCUT2D eigenvalue weighted by Gasteiger charge is -2.56. The molecule has 0 aromatic heterocycles. The monoisotopic (exact) mass is 291 g/mol. The standard InChI is InChI=1S/C14H29NO3.2CH4/c1-10-14(9-15,17-7)13(5,16-6)8-11(18-10)12(2,3)4;;/h10-11H,8-9,15H2,1-7H3;2*1H4. The first-order chi connectivity index (χ1) is 8.16. The molecule has 4 heteroatoms. The molecule has 0 radical (unpaired) electrons. The van der Waals surface area contributed by atoms with Gasteiger partial charge in [0.2, 0.25) is 0 Å². The Kier molecular flexibility index (Phi) is 7.98. The normalized spacial score (nSPS) is 37.8. The van der Waals surface area contributed by atoms with Gasteiger partial charge in [-0.2, -0.15) is 0 Å². The second-order valence-corrected chi connectivity index (χ2v) is 6.57. The Labute approximate surface area is 126 Å². The van der Waals surface area contributed by atoms with Crippen LogP contribution in [-0.2, 0) is 14.2 Å². The van der Waals surface area contributed by atoms with Gasteiger partial charge in [0.15, 0.2) is 0 Å². The first-order valence-corrected chi connectivity index (χ1v) is 6.62. The highest BCUT2D eigenvalue weighted by Gasteiger charge is 2.58. The van der Waals surface area contributed by atoms with Crippen LogP contribution in [0, 0.1) is 5.41 Å². The lowest BCUT2D eigenvalue weighted by atomic mass is 9.69. The molecule has 4 unspecified atom stereocenters. The summed E-state index contributed by atoms with van der Waals surface area (Å²) in [5, 5.41) is 0. The summed E-state index contributed by atoms with van der Waals surface area (Å²) in [6.07, 6.45) is 0.810. The predicted molar refractivity (Wildman–Crippen MR) is 86.1 cm³/mol. The van der Waals surface area contributed by atoms with E-state index in [1.54, 1.807) is 14.2 Å². The molecule has 2 N–H and O–H groups in total. The van der Waals surface area contributed by atoms with Crippen LogP contribution >= 0.6 is 0 Å². The SMILES string of the molecule is C.C.COC1(C)CC(C(C)(C)C)OC(C)C1(CN)OC. The van der Waals surface area contributed by atoms with E-state index in [2.05, 4.69) is 27.7 Å². The maximum atomic E-state index is 6.16. The van der Waals surface area contributed by atoms with Crippen LogP contribution in [0.25, 0.3) is 0 Å². The van der Waals surface area contributed by atoms with E-state index in [0.717, 1.165) is 6.42 Å². The van der Waals surface area contributed by atoms with Crippen LogP contribution in [0.5, 0.6) is 0 Å². The number of rotatable bonds is 3. The van der Waals surface area contributed by atoms with Crippen molar-refractivity contribution < 1.29 is 14.2 Å². The van der Waals surface area contributed by atoms with E-state index < -0.39 is 11.2 Å². The van der Waals surface area contributed by atoms with Crippen LogP contribution in [0.4, 0.5) is 0 Å². The van der Waals surface area contributed by atoms with Gasteiger partial charge in [0, 0.05) is 27.2 Å². The second-order valence-electron chi connectivity index (χ2n) is 6.57. The topological polar surface area (TPSA) is 53.7 Å². The van der Waals surface area contributed by atoms with E-state index in [-0.39, 0.29) is 32.5 Å². The van der Waals surface area contributed by atoms with Crippen molar-refractivity contribution in [2.45, 2.75) is 79.3 Å². The summed E-state index contributed by atoms with van der Waals surface area (Å²) < 4.78 is 17.7. The second kappa shape index (κ2) is 7.21. The predicted octanol–water partition coefficient (Wildman–Crippen LogP) is 3.23. The number of ether oxygens (including phenoxy) is 3. The fourth-order valence-electron chi connectivity index (χ4n) is 2.97. The molecular weight excluding hydrogens is 254 g/mol. The van der Waals surface area contributed by atoms with E-state index in [9.17, 15) is 0 Å². The molecule has 0 spiro atoms. The minimum atomic E-state index is -0.594. The van der Waals surface area contributed by atoms with Gasteiger partial charge < -0.3 is 19.9 Å². The maximum Gasteiger partial charge on any atom is 0.134 e. The molecule has 0 saturated carbocycles. The number of hydrogen-bond acceptors (Lipinski definition) is 4. The third-order valence-electron chi connectivity index (χ3n) is 4.58. The van der Waals surface area contributed by atoms with Crippen LogP contribution in [0.15, 0.2) is 0 Å². The maximum absolute atomic E-state index is 6.16. The minimum Gasteiger partial charge on any atom is -0.375 e. The molecule has 4 nitrogen and oxygen atoms in total. The summed E-state index contributed by atoms with van der Waals surface area (Å²) in [6, 6.07) is 0. The lowest BCUT2D eigenvalue weighted by Crippen LogP contribution is -2.70. The van der Waals surface area contributed by atoms with Gasteiger partial charge in [-0.25, -0.2) is 0 Å². The van der Waals surface area contributed by atoms with Crippen molar-refractivity contribution in [3.8, 4) is 0 Å². The van der Waals surface area contributed by atoms with Crippen molar-refractivity contribution in [3.63, 3.8) is 0 Å². The van der Waals surface area contributed by atoms with E-state index in [0.29, 0.717) is 6.54 Å². The van der Waals surface area contributed by atoms with Crippen LogP contribution in [0.2, 0.25) is 0 Å². The number of nitrogens with two attached hydrogens (primary N) is 1. The molecule has 1 rings (SSSR count). The smallest absolute Gasteiger partial charge is 0.134 e. The summed E-state index contributed by atoms with van der Waals surface area (Å²) in [6.45, 7) is 11.0. The summed E-state index contributed by atoms with van der Waals surface area (Å²) in [5.74, 6) is 0. The average Bonchev–Trinajstić information content (AvgIpc) is 2.28. The number of hydrogen-bond donors (Lipinski definition) is 1. The van der Waals surface area contributed by atoms with Gasteiger partial charge in [0.05, 0.1) is 12.2 Å². The lowest BCUT2D eigenvalue weighted by molar-refractivity contribution is -0.288. The molecule has 20 heavy (non-hydrogen) atoms. The Balaban J connectivity index is 0. The Bertz CT molecular complexity index is 284. The first-order valence-electron chi connectivity index (χ1n) is 6.62. The van der Waals surface area contributed by atoms with Crippen molar-refractivity contribution in [3.05, 3.63) is 0 Å². The van der Waals surface area contributed by atoms with Crippen LogP contribution < -0.4 is 5.73 Å². The summed E-state index contributed by atoms with van der Waals surface area (Å²) >= 11 is 0. The molecule has 0 amide bonds. The highest BCUT2D eigenvalue weighted by atomic mass is 16.6. The molecule has 0 bridgehead atoms. The van der Waals surface area contributed by atoms with E-state index in [1.165, 1.54) is 0 Å². The molecule has 1 heterocycles. The third kappa shape index (κ3) is 3.35. The Morgan fingerprint density at radius 2 is 1.70 bits per heavy atom. The molecule has 1 aliphatic rings. The van der Waals surface area contributed by atoms with Crippen LogP contribution in [-0.4, -0.2) is 44.2 Å². The van der Waals surface area contributed by atoms with Crippen molar-refractivity contribution in [1.82, 2.24) is 0 Å². The largest absolute Gasteiger partial charge is 0.375 e. The molecule has 4 atom stereocenters. The van der Waals surface area contributed by atoms with Gasteiger partial charge >= 0.3 is 0 Å². The fraction of sp³-hybridized carbons (Fsp3) is 1.00. The minimum absolute atomic E-state index is 0. The van der Waals surface area contributed by atoms with Crippen molar-refractivity contribution in [1.29, 1.82) is 0 Å². The summed E-state index contributed by atoms with van der Waals surface area (Å²) in [5.41, 5.74) is 5.00. The molecule has 0 aromatic carbocycles. The van der Waals surface area contributed by atoms with Gasteiger partial charge in [-0.3, -0.25) is 0 Å². The summed E-state index contributed by atoms with van der Waals surface area (Å²) in [7, 11) is 3.41. The van der Waals surface area contributed by atoms with E-state index in [1.807, 2.05) is 6.92 Å². The zero-order valence-electron chi connectivity index (χ0n) is 12.9. The van der Waals surface area contributed by atoms with Gasteiger partial charge in [0.1, 0.15) is 11.2 Å². The van der Waals surface area contributed by atoms with E-state index in [4.69, 9.17) is 19.9 Å². The highest BCUT2D eigenvalue weighted by Crippen LogP contribution is 2.45. The zero-order chi connectivity index (χ0) is 14.2. The average molecular weight is 291 g/mol. The van der Waals surface area contributed by atoms with Gasteiger partial charge in [-0.15, -0.1) is 0 Å². The van der Waals surface area contributed by atoms with E-state index >= 15 is 0 Å². The molecule has 0 aromatic rings. The third-order valence-corrected chi connectivity index (χ3v) is 4.58. The Morgan fingerprint density at radius 1 is 1.20 bits per heavy atom. The molecule has 1 saturated heterocycles. The molecular formula is C16H37NO3. The van der Waals surface area contributed by atoms with Crippen molar-refractivity contribution in [2.24, 2.45) is 11.1 Å². The zero-order valence-corrected chi connectivity index (χ0v) is 12.9. The van der Waals surface area contributed by atoms with Gasteiger partial charge in [0.25, 0.3) is 0 Å². The fourth-order valence-corrected chi connectivity index (χ4v) is 2.97. The molecule has 1 fully saturated rings. The molecule has 124 valence electrons. The van der Waals surface area contributed by atoms with Crippen molar-refractivity contribution in [2.75, 3.05) is 20.8 Å². The van der Waals surface area contributed by atoms with Crippen LogP contribution in [0.1, 0.15) is 55.9 Å².